The molecule has 0 fully saturated rings. The number of rotatable bonds is 15. The van der Waals surface area contributed by atoms with Gasteiger partial charge in [-0.05, 0) is 19.3 Å². The first-order chi connectivity index (χ1) is 9.66. The predicted molar refractivity (Wildman–Crippen MR) is 90.2 cm³/mol. The van der Waals surface area contributed by atoms with Gasteiger partial charge in [0.05, 0.1) is 0 Å². The number of unbranched alkanes of at least 4 members (excludes halogenated alkanes) is 9. The zero-order chi connectivity index (χ0) is 15.1. The first-order valence-electron chi connectivity index (χ1n) is 9.16. The Bertz CT molecular complexity index is 210. The molecular formula is C19H38O. The van der Waals surface area contributed by atoms with Gasteiger partial charge < -0.3 is 4.79 Å². The van der Waals surface area contributed by atoms with Gasteiger partial charge in [-0.3, -0.25) is 0 Å². The van der Waals surface area contributed by atoms with Crippen molar-refractivity contribution >= 4 is 5.78 Å². The molecule has 0 rings (SSSR count). The molecule has 120 valence electrons. The van der Waals surface area contributed by atoms with Crippen LogP contribution in [0.2, 0.25) is 0 Å². The summed E-state index contributed by atoms with van der Waals surface area (Å²) in [6, 6.07) is 0. The minimum absolute atomic E-state index is 0.345. The molecule has 20 heavy (non-hydrogen) atoms. The fourth-order valence-corrected chi connectivity index (χ4v) is 2.81. The van der Waals surface area contributed by atoms with Crippen molar-refractivity contribution in [3.8, 4) is 0 Å². The van der Waals surface area contributed by atoms with Crippen LogP contribution >= 0.6 is 0 Å². The van der Waals surface area contributed by atoms with Crippen molar-refractivity contribution in [3.05, 3.63) is 0 Å². The second-order valence-electron chi connectivity index (χ2n) is 6.67. The summed E-state index contributed by atoms with van der Waals surface area (Å²) in [7, 11) is 0. The Morgan fingerprint density at radius 2 is 1.20 bits per heavy atom. The third-order valence-electron chi connectivity index (χ3n) is 4.28. The van der Waals surface area contributed by atoms with Gasteiger partial charge in [0.2, 0.25) is 0 Å². The zero-order valence-electron chi connectivity index (χ0n) is 14.4. The number of carbonyl (C=O) groups is 1. The molecule has 0 aliphatic heterocycles. The molecule has 0 aromatic carbocycles. The summed E-state index contributed by atoms with van der Waals surface area (Å²) in [6.45, 7) is 6.40. The molecule has 0 radical (unpaired) electrons. The van der Waals surface area contributed by atoms with E-state index >= 15 is 0 Å². The highest BCUT2D eigenvalue weighted by Gasteiger charge is 2.02. The molecule has 0 bridgehead atoms. The summed E-state index contributed by atoms with van der Waals surface area (Å²) < 4.78 is 0. The third-order valence-corrected chi connectivity index (χ3v) is 4.28. The lowest BCUT2D eigenvalue weighted by Crippen LogP contribution is -1.95. The predicted octanol–water partition coefficient (Wildman–Crippen LogP) is 6.69. The molecule has 0 N–H and O–H groups in total. The fraction of sp³-hybridized carbons (Fsp3) is 0.947. The van der Waals surface area contributed by atoms with Gasteiger partial charge in [0.15, 0.2) is 0 Å². The maximum Gasteiger partial charge on any atom is 0.129 e. The topological polar surface area (TPSA) is 17.1 Å². The van der Waals surface area contributed by atoms with Crippen molar-refractivity contribution in [2.24, 2.45) is 5.92 Å². The number of hydrogen-bond acceptors (Lipinski definition) is 1. The Morgan fingerprint density at radius 1 is 0.750 bits per heavy atom. The number of ketones is 1. The highest BCUT2D eigenvalue weighted by molar-refractivity contribution is 5.75. The Balaban J connectivity index is 3.16. The van der Waals surface area contributed by atoms with Crippen LogP contribution < -0.4 is 0 Å². The summed E-state index contributed by atoms with van der Waals surface area (Å²) in [4.78, 5) is 10.8. The van der Waals surface area contributed by atoms with Crippen molar-refractivity contribution in [3.63, 3.8) is 0 Å². The van der Waals surface area contributed by atoms with Crippen LogP contribution in [-0.4, -0.2) is 5.78 Å². The van der Waals surface area contributed by atoms with Crippen molar-refractivity contribution in [1.82, 2.24) is 0 Å². The maximum absolute atomic E-state index is 10.8. The lowest BCUT2D eigenvalue weighted by atomic mass is 9.96. The van der Waals surface area contributed by atoms with Crippen molar-refractivity contribution in [2.45, 2.75) is 111 Å². The zero-order valence-corrected chi connectivity index (χ0v) is 14.4. The van der Waals surface area contributed by atoms with Gasteiger partial charge in [0, 0.05) is 6.42 Å². The van der Waals surface area contributed by atoms with Crippen LogP contribution in [0.15, 0.2) is 0 Å². The summed E-state index contributed by atoms with van der Waals surface area (Å²) in [5.41, 5.74) is 0. The molecule has 0 amide bonds. The largest absolute Gasteiger partial charge is 0.300 e. The molecular weight excluding hydrogens is 244 g/mol. The van der Waals surface area contributed by atoms with Gasteiger partial charge in [0.25, 0.3) is 0 Å². The molecule has 1 atom stereocenters. The van der Waals surface area contributed by atoms with E-state index in [9.17, 15) is 4.79 Å². The minimum Gasteiger partial charge on any atom is -0.300 e. The molecule has 0 aliphatic rings. The maximum atomic E-state index is 10.8. The summed E-state index contributed by atoms with van der Waals surface area (Å²) in [5, 5.41) is 0. The first-order valence-corrected chi connectivity index (χ1v) is 9.16. The molecule has 0 aromatic heterocycles. The smallest absolute Gasteiger partial charge is 0.129 e. The van der Waals surface area contributed by atoms with Crippen LogP contribution in [0.1, 0.15) is 111 Å². The number of Topliss-reactive ketones (excluding diaryl/α,β-unsaturated/α-hetero) is 1. The standard InChI is InChI=1S/C19H38O/c1-4-5-6-7-9-12-15-18(2)16-13-10-8-11-14-17-19(3)20/h18H,4-17H2,1-3H3. The lowest BCUT2D eigenvalue weighted by molar-refractivity contribution is -0.117. The van der Waals surface area contributed by atoms with Crippen LogP contribution in [0.4, 0.5) is 0 Å². The molecule has 0 saturated carbocycles. The van der Waals surface area contributed by atoms with E-state index in [4.69, 9.17) is 0 Å². The summed E-state index contributed by atoms with van der Waals surface area (Å²) >= 11 is 0. The minimum atomic E-state index is 0.345. The van der Waals surface area contributed by atoms with Crippen molar-refractivity contribution < 1.29 is 4.79 Å². The molecule has 1 nitrogen and oxygen atoms in total. The van der Waals surface area contributed by atoms with E-state index in [1.165, 1.54) is 77.0 Å². The second kappa shape index (κ2) is 15.1. The second-order valence-corrected chi connectivity index (χ2v) is 6.67. The SMILES string of the molecule is CCCCCCCCC(C)CCCCCCCC(C)=O. The van der Waals surface area contributed by atoms with Gasteiger partial charge in [-0.15, -0.1) is 0 Å². The molecule has 0 saturated heterocycles. The lowest BCUT2D eigenvalue weighted by Gasteiger charge is -2.11. The van der Waals surface area contributed by atoms with Crippen molar-refractivity contribution in [2.75, 3.05) is 0 Å². The quantitative estimate of drug-likeness (QED) is 0.306. The van der Waals surface area contributed by atoms with Gasteiger partial charge >= 0.3 is 0 Å². The van der Waals surface area contributed by atoms with E-state index in [-0.39, 0.29) is 0 Å². The molecule has 0 aliphatic carbocycles. The van der Waals surface area contributed by atoms with Crippen LogP contribution in [0.5, 0.6) is 0 Å². The Morgan fingerprint density at radius 3 is 1.70 bits per heavy atom. The highest BCUT2D eigenvalue weighted by atomic mass is 16.1. The molecule has 0 spiro atoms. The molecule has 0 heterocycles. The van der Waals surface area contributed by atoms with E-state index < -0.39 is 0 Å². The average molecular weight is 283 g/mol. The molecule has 1 heteroatoms. The first kappa shape index (κ1) is 19.7. The number of carbonyl (C=O) groups excluding carboxylic acids is 1. The normalized spacial score (nSPS) is 12.6. The van der Waals surface area contributed by atoms with Crippen LogP contribution in [-0.2, 0) is 4.79 Å². The van der Waals surface area contributed by atoms with E-state index in [2.05, 4.69) is 13.8 Å². The summed E-state index contributed by atoms with van der Waals surface area (Å²) in [5.74, 6) is 1.26. The molecule has 1 unspecified atom stereocenters. The average Bonchev–Trinajstić information content (AvgIpc) is 2.41. The summed E-state index contributed by atoms with van der Waals surface area (Å²) in [6.07, 6.45) is 18.5. The van der Waals surface area contributed by atoms with E-state index in [0.717, 1.165) is 18.8 Å². The van der Waals surface area contributed by atoms with Gasteiger partial charge in [-0.1, -0.05) is 90.9 Å². The Labute approximate surface area is 127 Å². The Hall–Kier alpha value is -0.330. The van der Waals surface area contributed by atoms with Crippen LogP contribution in [0.25, 0.3) is 0 Å². The monoisotopic (exact) mass is 282 g/mol. The van der Waals surface area contributed by atoms with Crippen molar-refractivity contribution in [1.29, 1.82) is 0 Å². The highest BCUT2D eigenvalue weighted by Crippen LogP contribution is 2.18. The van der Waals surface area contributed by atoms with E-state index in [1.807, 2.05) is 0 Å². The third kappa shape index (κ3) is 15.7. The van der Waals surface area contributed by atoms with Gasteiger partial charge in [-0.25, -0.2) is 0 Å². The molecule has 0 aromatic rings. The van der Waals surface area contributed by atoms with E-state index in [0.29, 0.717) is 5.78 Å². The van der Waals surface area contributed by atoms with Gasteiger partial charge in [-0.2, -0.15) is 0 Å². The fourth-order valence-electron chi connectivity index (χ4n) is 2.81. The van der Waals surface area contributed by atoms with Crippen LogP contribution in [0.3, 0.4) is 0 Å². The van der Waals surface area contributed by atoms with Gasteiger partial charge in [0.1, 0.15) is 5.78 Å². The number of hydrogen-bond donors (Lipinski definition) is 0. The van der Waals surface area contributed by atoms with E-state index in [1.54, 1.807) is 6.92 Å². The van der Waals surface area contributed by atoms with Crippen LogP contribution in [0, 0.1) is 5.92 Å². The Kier molecular flexibility index (Phi) is 14.8.